The summed E-state index contributed by atoms with van der Waals surface area (Å²) in [6.45, 7) is 4.57. The van der Waals surface area contributed by atoms with Crippen LogP contribution >= 0.6 is 0 Å². The van der Waals surface area contributed by atoms with Crippen molar-refractivity contribution in [2.45, 2.75) is 57.8 Å². The maximum Gasteiger partial charge on any atom is 0.312 e. The highest BCUT2D eigenvalue weighted by Gasteiger charge is 2.59. The van der Waals surface area contributed by atoms with Gasteiger partial charge in [-0.1, -0.05) is 18.9 Å². The Morgan fingerprint density at radius 1 is 1.05 bits per heavy atom. The molecule has 0 unspecified atom stereocenters. The van der Waals surface area contributed by atoms with Crippen molar-refractivity contribution in [2.24, 2.45) is 23.2 Å². The molecule has 0 atom stereocenters. The Kier molecular flexibility index (Phi) is 2.18. The SMILES string of the molecule is CC(C)(c1nnc(N)o1)C12CC3CC(CC(C3)C1)C2. The van der Waals surface area contributed by atoms with E-state index in [2.05, 4.69) is 24.0 Å². The van der Waals surface area contributed by atoms with Crippen LogP contribution in [0.25, 0.3) is 0 Å². The molecule has 4 aliphatic carbocycles. The van der Waals surface area contributed by atoms with Gasteiger partial charge in [0.25, 0.3) is 0 Å². The largest absolute Gasteiger partial charge is 0.408 e. The van der Waals surface area contributed by atoms with Crippen LogP contribution in [0.2, 0.25) is 0 Å². The van der Waals surface area contributed by atoms with Gasteiger partial charge in [-0.15, -0.1) is 5.10 Å². The molecule has 0 aliphatic heterocycles. The topological polar surface area (TPSA) is 64.9 Å². The number of nitrogens with two attached hydrogens (primary N) is 1. The number of rotatable bonds is 2. The lowest BCUT2D eigenvalue weighted by atomic mass is 9.43. The molecule has 4 nitrogen and oxygen atoms in total. The number of anilines is 1. The van der Waals surface area contributed by atoms with Crippen LogP contribution in [0.15, 0.2) is 4.42 Å². The smallest absolute Gasteiger partial charge is 0.312 e. The summed E-state index contributed by atoms with van der Waals surface area (Å²) in [4.78, 5) is 0. The van der Waals surface area contributed by atoms with Crippen molar-refractivity contribution in [3.05, 3.63) is 5.89 Å². The molecule has 0 saturated heterocycles. The maximum absolute atomic E-state index is 5.63. The summed E-state index contributed by atoms with van der Waals surface area (Å²) in [6, 6.07) is 0.202. The van der Waals surface area contributed by atoms with E-state index in [-0.39, 0.29) is 11.4 Å². The van der Waals surface area contributed by atoms with E-state index in [4.69, 9.17) is 10.2 Å². The third-order valence-electron chi connectivity index (χ3n) is 6.34. The van der Waals surface area contributed by atoms with E-state index < -0.39 is 0 Å². The minimum atomic E-state index is -0.0480. The predicted molar refractivity (Wildman–Crippen MR) is 72.3 cm³/mol. The second kappa shape index (κ2) is 3.53. The fourth-order valence-corrected chi connectivity index (χ4v) is 5.59. The molecule has 4 heteroatoms. The Labute approximate surface area is 114 Å². The van der Waals surface area contributed by atoms with Crippen molar-refractivity contribution >= 4 is 6.01 Å². The first-order chi connectivity index (χ1) is 8.98. The molecule has 19 heavy (non-hydrogen) atoms. The fourth-order valence-electron chi connectivity index (χ4n) is 5.59. The van der Waals surface area contributed by atoms with Gasteiger partial charge in [-0.2, -0.15) is 0 Å². The van der Waals surface area contributed by atoms with Crippen LogP contribution in [0.1, 0.15) is 58.3 Å². The van der Waals surface area contributed by atoms with Gasteiger partial charge in [0, 0.05) is 5.41 Å². The monoisotopic (exact) mass is 261 g/mol. The molecular weight excluding hydrogens is 238 g/mol. The third-order valence-corrected chi connectivity index (χ3v) is 6.34. The molecular formula is C15H23N3O. The van der Waals surface area contributed by atoms with Crippen LogP contribution in [0.4, 0.5) is 6.01 Å². The second-order valence-electron chi connectivity index (χ2n) is 7.77. The van der Waals surface area contributed by atoms with Gasteiger partial charge in [0.05, 0.1) is 0 Å². The first-order valence-corrected chi connectivity index (χ1v) is 7.58. The number of nitrogen functional groups attached to an aromatic ring is 1. The third kappa shape index (κ3) is 1.52. The Balaban J connectivity index is 1.74. The van der Waals surface area contributed by atoms with Gasteiger partial charge in [-0.05, 0) is 61.7 Å². The fraction of sp³-hybridized carbons (Fsp3) is 0.867. The van der Waals surface area contributed by atoms with Crippen molar-refractivity contribution < 1.29 is 4.42 Å². The van der Waals surface area contributed by atoms with Crippen LogP contribution in [0.5, 0.6) is 0 Å². The molecule has 1 aromatic heterocycles. The van der Waals surface area contributed by atoms with E-state index in [1.807, 2.05) is 0 Å². The lowest BCUT2D eigenvalue weighted by Gasteiger charge is -2.61. The Hall–Kier alpha value is -1.06. The summed E-state index contributed by atoms with van der Waals surface area (Å²) in [5.74, 6) is 3.55. The average Bonchev–Trinajstić information content (AvgIpc) is 2.74. The minimum absolute atomic E-state index is 0.0480. The molecule has 0 radical (unpaired) electrons. The highest BCUT2D eigenvalue weighted by molar-refractivity contribution is 5.18. The molecule has 5 rings (SSSR count). The van der Waals surface area contributed by atoms with Crippen molar-refractivity contribution in [1.29, 1.82) is 0 Å². The summed E-state index contributed by atoms with van der Waals surface area (Å²) < 4.78 is 5.59. The van der Waals surface area contributed by atoms with Gasteiger partial charge in [0.1, 0.15) is 0 Å². The predicted octanol–water partition coefficient (Wildman–Crippen LogP) is 3.15. The molecule has 0 amide bonds. The van der Waals surface area contributed by atoms with Crippen LogP contribution in [0.3, 0.4) is 0 Å². The molecule has 104 valence electrons. The van der Waals surface area contributed by atoms with Gasteiger partial charge >= 0.3 is 6.01 Å². The summed E-state index contributed by atoms with van der Waals surface area (Å²) >= 11 is 0. The zero-order valence-corrected chi connectivity index (χ0v) is 11.9. The number of hydrogen-bond donors (Lipinski definition) is 1. The Morgan fingerprint density at radius 3 is 2.00 bits per heavy atom. The van der Waals surface area contributed by atoms with E-state index in [1.54, 1.807) is 0 Å². The molecule has 4 aliphatic rings. The van der Waals surface area contributed by atoms with Crippen LogP contribution in [-0.4, -0.2) is 10.2 Å². The summed E-state index contributed by atoms with van der Waals surface area (Å²) in [5, 5.41) is 8.07. The first-order valence-electron chi connectivity index (χ1n) is 7.58. The highest BCUT2D eigenvalue weighted by atomic mass is 16.4. The van der Waals surface area contributed by atoms with E-state index in [0.29, 0.717) is 5.41 Å². The zero-order chi connectivity index (χ0) is 13.3. The van der Waals surface area contributed by atoms with Crippen LogP contribution in [-0.2, 0) is 5.41 Å². The normalized spacial score (nSPS) is 40.8. The maximum atomic E-state index is 5.63. The second-order valence-corrected chi connectivity index (χ2v) is 7.77. The van der Waals surface area contributed by atoms with Crippen molar-refractivity contribution in [1.82, 2.24) is 10.2 Å². The van der Waals surface area contributed by atoms with Gasteiger partial charge in [0.2, 0.25) is 5.89 Å². The Bertz CT molecular complexity index is 470. The summed E-state index contributed by atoms with van der Waals surface area (Å²) in [7, 11) is 0. The number of hydrogen-bond acceptors (Lipinski definition) is 4. The lowest BCUT2D eigenvalue weighted by molar-refractivity contribution is -0.0976. The van der Waals surface area contributed by atoms with E-state index >= 15 is 0 Å². The number of nitrogens with zero attached hydrogens (tertiary/aromatic N) is 2. The molecule has 4 fully saturated rings. The summed E-state index contributed by atoms with van der Waals surface area (Å²) in [5.41, 5.74) is 5.94. The molecule has 2 N–H and O–H groups in total. The quantitative estimate of drug-likeness (QED) is 0.888. The van der Waals surface area contributed by atoms with Crippen LogP contribution < -0.4 is 5.73 Å². The van der Waals surface area contributed by atoms with E-state index in [1.165, 1.54) is 38.5 Å². The van der Waals surface area contributed by atoms with E-state index in [0.717, 1.165) is 23.6 Å². The van der Waals surface area contributed by atoms with Gasteiger partial charge in [-0.3, -0.25) is 0 Å². The van der Waals surface area contributed by atoms with Gasteiger partial charge in [-0.25, -0.2) is 0 Å². The van der Waals surface area contributed by atoms with Gasteiger partial charge in [0.15, 0.2) is 0 Å². The molecule has 1 aromatic rings. The molecule has 4 bridgehead atoms. The van der Waals surface area contributed by atoms with Crippen LogP contribution in [0, 0.1) is 23.2 Å². The average molecular weight is 261 g/mol. The zero-order valence-electron chi connectivity index (χ0n) is 11.9. The van der Waals surface area contributed by atoms with Gasteiger partial charge < -0.3 is 10.2 Å². The minimum Gasteiger partial charge on any atom is -0.408 e. The standard InChI is InChI=1S/C15H23N3O/c1-14(2,12-17-18-13(16)19-12)15-6-9-3-10(7-15)5-11(4-9)8-15/h9-11H,3-8H2,1-2H3,(H2,16,18). The number of aromatic nitrogens is 2. The molecule has 1 heterocycles. The molecule has 0 spiro atoms. The molecule has 4 saturated carbocycles. The summed E-state index contributed by atoms with van der Waals surface area (Å²) in [6.07, 6.45) is 8.40. The Morgan fingerprint density at radius 2 is 1.58 bits per heavy atom. The van der Waals surface area contributed by atoms with E-state index in [9.17, 15) is 0 Å². The van der Waals surface area contributed by atoms with Crippen molar-refractivity contribution in [2.75, 3.05) is 5.73 Å². The first kappa shape index (κ1) is 11.7. The molecule has 0 aromatic carbocycles. The lowest BCUT2D eigenvalue weighted by Crippen LogP contribution is -2.54. The highest BCUT2D eigenvalue weighted by Crippen LogP contribution is 2.66. The van der Waals surface area contributed by atoms with Crippen molar-refractivity contribution in [3.63, 3.8) is 0 Å². The van der Waals surface area contributed by atoms with Crippen molar-refractivity contribution in [3.8, 4) is 0 Å².